The van der Waals surface area contributed by atoms with Crippen molar-refractivity contribution < 1.29 is 14.3 Å². The van der Waals surface area contributed by atoms with Crippen LogP contribution in [-0.4, -0.2) is 46.3 Å². The summed E-state index contributed by atoms with van der Waals surface area (Å²) in [6.07, 6.45) is 5.03. The molecule has 0 spiro atoms. The number of rotatable bonds is 9. The lowest BCUT2D eigenvalue weighted by Crippen LogP contribution is -2.38. The molecular formula is C30H37N3O3. The molecule has 2 aromatic carbocycles. The van der Waals surface area contributed by atoms with Crippen molar-refractivity contribution in [2.24, 2.45) is 5.92 Å². The molecule has 0 N–H and O–H groups in total. The summed E-state index contributed by atoms with van der Waals surface area (Å²) in [6.45, 7) is 7.96. The maximum absolute atomic E-state index is 13.2. The van der Waals surface area contributed by atoms with Gasteiger partial charge in [0.1, 0.15) is 0 Å². The average molecular weight is 488 g/mol. The first-order valence-corrected chi connectivity index (χ1v) is 13.2. The summed E-state index contributed by atoms with van der Waals surface area (Å²) in [4.78, 5) is 27.5. The summed E-state index contributed by atoms with van der Waals surface area (Å²) in [7, 11) is 0. The Morgan fingerprint density at radius 1 is 0.972 bits per heavy atom. The second-order valence-electron chi connectivity index (χ2n) is 9.57. The number of ether oxygens (including phenoxy) is 1. The molecule has 3 aromatic rings. The van der Waals surface area contributed by atoms with E-state index in [1.807, 2.05) is 39.9 Å². The first kappa shape index (κ1) is 25.7. The minimum Gasteiger partial charge on any atom is -0.461 e. The van der Waals surface area contributed by atoms with Crippen LogP contribution >= 0.6 is 0 Å². The SMILES string of the molecule is CCOC(=O)c1cc(C(CC)CC)n(-c2ccc(C(=O)N3CCC(Cc4ccccc4)CC3)cc2)n1. The molecule has 1 saturated heterocycles. The molecule has 1 amide bonds. The van der Waals surface area contributed by atoms with Gasteiger partial charge in [-0.15, -0.1) is 0 Å². The second-order valence-corrected chi connectivity index (χ2v) is 9.57. The highest BCUT2D eigenvalue weighted by Crippen LogP contribution is 2.28. The number of piperidine rings is 1. The minimum atomic E-state index is -0.411. The molecular weight excluding hydrogens is 450 g/mol. The number of aromatic nitrogens is 2. The maximum atomic E-state index is 13.2. The van der Waals surface area contributed by atoms with Crippen molar-refractivity contribution in [3.8, 4) is 5.69 Å². The summed E-state index contributed by atoms with van der Waals surface area (Å²) in [5, 5.41) is 4.57. The van der Waals surface area contributed by atoms with Crippen LogP contribution < -0.4 is 0 Å². The summed E-state index contributed by atoms with van der Waals surface area (Å²) >= 11 is 0. The summed E-state index contributed by atoms with van der Waals surface area (Å²) in [5.74, 6) is 0.563. The third-order valence-electron chi connectivity index (χ3n) is 7.25. The highest BCUT2D eigenvalue weighted by molar-refractivity contribution is 5.94. The zero-order valence-corrected chi connectivity index (χ0v) is 21.7. The molecule has 1 aromatic heterocycles. The summed E-state index contributed by atoms with van der Waals surface area (Å²) < 4.78 is 7.00. The third-order valence-corrected chi connectivity index (χ3v) is 7.25. The van der Waals surface area contributed by atoms with Gasteiger partial charge in [0, 0.05) is 30.3 Å². The van der Waals surface area contributed by atoms with Crippen LogP contribution in [0.3, 0.4) is 0 Å². The largest absolute Gasteiger partial charge is 0.461 e. The first-order valence-electron chi connectivity index (χ1n) is 13.2. The van der Waals surface area contributed by atoms with Gasteiger partial charge in [0.2, 0.25) is 0 Å². The monoisotopic (exact) mass is 487 g/mol. The molecule has 0 radical (unpaired) electrons. The van der Waals surface area contributed by atoms with Gasteiger partial charge in [-0.3, -0.25) is 4.79 Å². The van der Waals surface area contributed by atoms with E-state index in [4.69, 9.17) is 4.74 Å². The number of carbonyl (C=O) groups is 2. The maximum Gasteiger partial charge on any atom is 0.358 e. The molecule has 0 bridgehead atoms. The molecule has 1 aliphatic rings. The normalized spacial score (nSPS) is 14.3. The van der Waals surface area contributed by atoms with Gasteiger partial charge in [0.15, 0.2) is 5.69 Å². The van der Waals surface area contributed by atoms with Crippen molar-refractivity contribution >= 4 is 11.9 Å². The van der Waals surface area contributed by atoms with Crippen LogP contribution in [0.2, 0.25) is 0 Å². The lowest BCUT2D eigenvalue weighted by atomic mass is 9.90. The standard InChI is InChI=1S/C30H37N3O3/c1-4-24(5-2)28-21-27(30(35)36-6-3)31-33(28)26-14-12-25(13-15-26)29(34)32-18-16-23(17-19-32)20-22-10-8-7-9-11-22/h7-15,21,23-24H,4-6,16-20H2,1-3H3. The van der Waals surface area contributed by atoms with E-state index in [9.17, 15) is 9.59 Å². The van der Waals surface area contributed by atoms with E-state index in [-0.39, 0.29) is 11.8 Å². The Labute approximate surface area is 214 Å². The smallest absolute Gasteiger partial charge is 0.358 e. The van der Waals surface area contributed by atoms with Gasteiger partial charge in [-0.2, -0.15) is 5.10 Å². The molecule has 0 unspecified atom stereocenters. The molecule has 1 fully saturated rings. The number of amides is 1. The predicted molar refractivity (Wildman–Crippen MR) is 142 cm³/mol. The fourth-order valence-electron chi connectivity index (χ4n) is 5.12. The first-order chi connectivity index (χ1) is 17.5. The molecule has 0 saturated carbocycles. The quantitative estimate of drug-likeness (QED) is 0.345. The van der Waals surface area contributed by atoms with Crippen LogP contribution in [0.15, 0.2) is 60.7 Å². The topological polar surface area (TPSA) is 64.4 Å². The Balaban J connectivity index is 1.45. The number of likely N-dealkylation sites (tertiary alicyclic amines) is 1. The summed E-state index contributed by atoms with van der Waals surface area (Å²) in [6, 6.07) is 20.0. The predicted octanol–water partition coefficient (Wildman–Crippen LogP) is 6.05. The molecule has 1 aliphatic heterocycles. The Hall–Kier alpha value is -3.41. The zero-order valence-electron chi connectivity index (χ0n) is 21.7. The van der Waals surface area contributed by atoms with Crippen molar-refractivity contribution in [2.75, 3.05) is 19.7 Å². The average Bonchev–Trinajstić information content (AvgIpc) is 3.36. The van der Waals surface area contributed by atoms with E-state index in [0.717, 1.165) is 56.6 Å². The Kier molecular flexibility index (Phi) is 8.57. The molecule has 2 heterocycles. The zero-order chi connectivity index (χ0) is 25.5. The molecule has 4 rings (SSSR count). The molecule has 6 nitrogen and oxygen atoms in total. The van der Waals surface area contributed by atoms with E-state index >= 15 is 0 Å². The number of nitrogens with zero attached hydrogens (tertiary/aromatic N) is 3. The lowest BCUT2D eigenvalue weighted by molar-refractivity contribution is 0.0518. The lowest BCUT2D eigenvalue weighted by Gasteiger charge is -2.32. The van der Waals surface area contributed by atoms with E-state index < -0.39 is 5.97 Å². The van der Waals surface area contributed by atoms with Gasteiger partial charge in [-0.1, -0.05) is 44.2 Å². The van der Waals surface area contributed by atoms with Crippen LogP contribution in [0, 0.1) is 5.92 Å². The fourth-order valence-corrected chi connectivity index (χ4v) is 5.12. The van der Waals surface area contributed by atoms with Gasteiger partial charge in [0.05, 0.1) is 12.3 Å². The van der Waals surface area contributed by atoms with Crippen molar-refractivity contribution in [1.82, 2.24) is 14.7 Å². The van der Waals surface area contributed by atoms with Gasteiger partial charge < -0.3 is 9.64 Å². The highest BCUT2D eigenvalue weighted by atomic mass is 16.5. The molecule has 190 valence electrons. The van der Waals surface area contributed by atoms with Gasteiger partial charge in [0.25, 0.3) is 5.91 Å². The number of hydrogen-bond acceptors (Lipinski definition) is 4. The van der Waals surface area contributed by atoms with Crippen molar-refractivity contribution in [3.05, 3.63) is 83.2 Å². The highest BCUT2D eigenvalue weighted by Gasteiger charge is 2.25. The second kappa shape index (κ2) is 12.0. The number of benzene rings is 2. The van der Waals surface area contributed by atoms with Gasteiger partial charge in [-0.25, -0.2) is 9.48 Å². The Morgan fingerprint density at radius 3 is 2.25 bits per heavy atom. The Morgan fingerprint density at radius 2 is 1.64 bits per heavy atom. The minimum absolute atomic E-state index is 0.0765. The third kappa shape index (κ3) is 5.86. The number of esters is 1. The van der Waals surface area contributed by atoms with E-state index in [0.29, 0.717) is 23.8 Å². The van der Waals surface area contributed by atoms with Crippen LogP contribution in [0.4, 0.5) is 0 Å². The van der Waals surface area contributed by atoms with Crippen LogP contribution in [0.1, 0.15) is 84.5 Å². The molecule has 0 atom stereocenters. The van der Waals surface area contributed by atoms with E-state index in [1.54, 1.807) is 6.92 Å². The van der Waals surface area contributed by atoms with Crippen LogP contribution in [0.25, 0.3) is 5.69 Å². The van der Waals surface area contributed by atoms with Crippen molar-refractivity contribution in [3.63, 3.8) is 0 Å². The molecule has 0 aliphatic carbocycles. The van der Waals surface area contributed by atoms with Crippen molar-refractivity contribution in [1.29, 1.82) is 0 Å². The van der Waals surface area contributed by atoms with Gasteiger partial charge >= 0.3 is 5.97 Å². The molecule has 6 heteroatoms. The number of carbonyl (C=O) groups excluding carboxylic acids is 2. The number of hydrogen-bond donors (Lipinski definition) is 0. The molecule has 36 heavy (non-hydrogen) atoms. The van der Waals surface area contributed by atoms with E-state index in [1.165, 1.54) is 5.56 Å². The summed E-state index contributed by atoms with van der Waals surface area (Å²) in [5.41, 5.74) is 4.20. The Bertz CT molecular complexity index is 1140. The van der Waals surface area contributed by atoms with Crippen LogP contribution in [0.5, 0.6) is 0 Å². The van der Waals surface area contributed by atoms with Crippen molar-refractivity contribution in [2.45, 2.75) is 58.8 Å². The fraction of sp³-hybridized carbons (Fsp3) is 0.433. The van der Waals surface area contributed by atoms with Crippen LogP contribution in [-0.2, 0) is 11.2 Å². The van der Waals surface area contributed by atoms with E-state index in [2.05, 4.69) is 49.3 Å². The van der Waals surface area contributed by atoms with Gasteiger partial charge in [-0.05, 0) is 80.8 Å².